The Kier molecular flexibility index (Phi) is 4.25. The molecule has 28 heavy (non-hydrogen) atoms. The Morgan fingerprint density at radius 3 is 2.79 bits per heavy atom. The molecule has 0 saturated carbocycles. The van der Waals surface area contributed by atoms with Crippen molar-refractivity contribution in [2.45, 2.75) is 11.6 Å². The normalized spacial score (nSPS) is 13.1. The quantitative estimate of drug-likeness (QED) is 0.501. The fourth-order valence-electron chi connectivity index (χ4n) is 3.34. The van der Waals surface area contributed by atoms with E-state index in [0.717, 1.165) is 29.9 Å². The van der Waals surface area contributed by atoms with Gasteiger partial charge in [-0.2, -0.15) is 9.61 Å². The van der Waals surface area contributed by atoms with E-state index in [9.17, 15) is 4.79 Å². The third-order valence-corrected chi connectivity index (χ3v) is 5.63. The molecule has 4 aromatic rings. The second-order valence-corrected chi connectivity index (χ2v) is 7.36. The van der Waals surface area contributed by atoms with Crippen molar-refractivity contribution >= 4 is 29.0 Å². The zero-order valence-electron chi connectivity index (χ0n) is 14.9. The van der Waals surface area contributed by atoms with E-state index < -0.39 is 0 Å². The SMILES string of the molecule is O=C(CSc1nnc2ccc(-c3ccncc3)nn12)N1CCc2ccccc21. The van der Waals surface area contributed by atoms with E-state index in [-0.39, 0.29) is 11.7 Å². The number of carbonyl (C=O) groups excluding carboxylic acids is 1. The summed E-state index contributed by atoms with van der Waals surface area (Å²) in [6, 6.07) is 15.6. The number of thioether (sulfide) groups is 1. The number of fused-ring (bicyclic) bond motifs is 2. The first-order chi connectivity index (χ1) is 13.8. The third-order valence-electron chi connectivity index (χ3n) is 4.72. The van der Waals surface area contributed by atoms with Crippen molar-refractivity contribution in [3.05, 3.63) is 66.5 Å². The van der Waals surface area contributed by atoms with E-state index in [1.807, 2.05) is 47.4 Å². The second kappa shape index (κ2) is 7.05. The van der Waals surface area contributed by atoms with Gasteiger partial charge >= 0.3 is 0 Å². The zero-order valence-corrected chi connectivity index (χ0v) is 15.7. The van der Waals surface area contributed by atoms with Gasteiger partial charge in [-0.05, 0) is 42.3 Å². The van der Waals surface area contributed by atoms with Crippen LogP contribution in [-0.4, -0.2) is 43.0 Å². The van der Waals surface area contributed by atoms with E-state index in [0.29, 0.717) is 10.8 Å². The zero-order chi connectivity index (χ0) is 18.9. The molecule has 4 heterocycles. The number of anilines is 1. The van der Waals surface area contributed by atoms with Crippen LogP contribution in [0, 0.1) is 0 Å². The highest BCUT2D eigenvalue weighted by molar-refractivity contribution is 7.99. The summed E-state index contributed by atoms with van der Waals surface area (Å²) < 4.78 is 1.69. The van der Waals surface area contributed by atoms with Crippen molar-refractivity contribution in [1.29, 1.82) is 0 Å². The summed E-state index contributed by atoms with van der Waals surface area (Å²) in [4.78, 5) is 18.6. The highest BCUT2D eigenvalue weighted by Gasteiger charge is 2.24. The van der Waals surface area contributed by atoms with Crippen LogP contribution in [-0.2, 0) is 11.2 Å². The summed E-state index contributed by atoms with van der Waals surface area (Å²) in [7, 11) is 0. The van der Waals surface area contributed by atoms with Crippen LogP contribution in [0.5, 0.6) is 0 Å². The second-order valence-electron chi connectivity index (χ2n) is 6.42. The minimum absolute atomic E-state index is 0.0667. The molecular formula is C20H16N6OS. The van der Waals surface area contributed by atoms with Crippen molar-refractivity contribution < 1.29 is 4.79 Å². The molecular weight excluding hydrogens is 372 g/mol. The first kappa shape index (κ1) is 16.9. The van der Waals surface area contributed by atoms with Crippen LogP contribution in [0.25, 0.3) is 16.9 Å². The average Bonchev–Trinajstić information content (AvgIpc) is 3.36. The molecule has 3 aromatic heterocycles. The Bertz CT molecular complexity index is 1160. The fourth-order valence-corrected chi connectivity index (χ4v) is 4.10. The van der Waals surface area contributed by atoms with Gasteiger partial charge in [0.05, 0.1) is 11.4 Å². The van der Waals surface area contributed by atoms with E-state index in [2.05, 4.69) is 26.3 Å². The number of hydrogen-bond acceptors (Lipinski definition) is 6. The molecule has 1 amide bonds. The van der Waals surface area contributed by atoms with Gasteiger partial charge in [-0.1, -0.05) is 30.0 Å². The predicted octanol–water partition coefficient (Wildman–Crippen LogP) is 2.87. The number of benzene rings is 1. The first-order valence-corrected chi connectivity index (χ1v) is 9.92. The number of pyridine rings is 1. The molecule has 0 radical (unpaired) electrons. The maximum Gasteiger partial charge on any atom is 0.237 e. The predicted molar refractivity (Wildman–Crippen MR) is 107 cm³/mol. The van der Waals surface area contributed by atoms with E-state index in [4.69, 9.17) is 0 Å². The van der Waals surface area contributed by atoms with Crippen LogP contribution in [0.2, 0.25) is 0 Å². The monoisotopic (exact) mass is 388 g/mol. The maximum absolute atomic E-state index is 12.7. The summed E-state index contributed by atoms with van der Waals surface area (Å²) in [5, 5.41) is 13.6. The van der Waals surface area contributed by atoms with Gasteiger partial charge < -0.3 is 4.90 Å². The molecule has 0 atom stereocenters. The molecule has 1 aromatic carbocycles. The molecule has 0 bridgehead atoms. The molecule has 8 heteroatoms. The number of carbonyl (C=O) groups is 1. The van der Waals surface area contributed by atoms with Gasteiger partial charge in [0.25, 0.3) is 0 Å². The third kappa shape index (κ3) is 3.01. The lowest BCUT2D eigenvalue weighted by molar-refractivity contribution is -0.116. The van der Waals surface area contributed by atoms with Gasteiger partial charge in [-0.3, -0.25) is 9.78 Å². The number of hydrogen-bond donors (Lipinski definition) is 0. The van der Waals surface area contributed by atoms with E-state index in [1.165, 1.54) is 17.3 Å². The van der Waals surface area contributed by atoms with Crippen LogP contribution < -0.4 is 4.90 Å². The van der Waals surface area contributed by atoms with Crippen LogP contribution >= 0.6 is 11.8 Å². The topological polar surface area (TPSA) is 76.3 Å². The van der Waals surface area contributed by atoms with E-state index >= 15 is 0 Å². The number of nitrogens with zero attached hydrogens (tertiary/aromatic N) is 6. The van der Waals surface area contributed by atoms with Crippen molar-refractivity contribution in [2.24, 2.45) is 0 Å². The molecule has 0 fully saturated rings. The smallest absolute Gasteiger partial charge is 0.237 e. The largest absolute Gasteiger partial charge is 0.311 e. The molecule has 0 N–H and O–H groups in total. The molecule has 0 spiro atoms. The molecule has 138 valence electrons. The first-order valence-electron chi connectivity index (χ1n) is 8.93. The number of para-hydroxylation sites is 1. The summed E-state index contributed by atoms with van der Waals surface area (Å²) >= 11 is 1.35. The summed E-state index contributed by atoms with van der Waals surface area (Å²) in [5.41, 5.74) is 4.65. The van der Waals surface area contributed by atoms with Gasteiger partial charge in [0.15, 0.2) is 5.65 Å². The Morgan fingerprint density at radius 1 is 1.04 bits per heavy atom. The van der Waals surface area contributed by atoms with Gasteiger partial charge in [-0.15, -0.1) is 10.2 Å². The lowest BCUT2D eigenvalue weighted by atomic mass is 10.2. The molecule has 0 saturated heterocycles. The number of amides is 1. The number of aromatic nitrogens is 5. The minimum atomic E-state index is 0.0667. The van der Waals surface area contributed by atoms with Crippen LogP contribution in [0.15, 0.2) is 66.1 Å². The minimum Gasteiger partial charge on any atom is -0.311 e. The van der Waals surface area contributed by atoms with Gasteiger partial charge in [-0.25, -0.2) is 0 Å². The van der Waals surface area contributed by atoms with Crippen LogP contribution in [0.3, 0.4) is 0 Å². The Balaban J connectivity index is 1.36. The van der Waals surface area contributed by atoms with Gasteiger partial charge in [0.1, 0.15) is 0 Å². The highest BCUT2D eigenvalue weighted by atomic mass is 32.2. The van der Waals surface area contributed by atoms with Crippen LogP contribution in [0.4, 0.5) is 5.69 Å². The Labute approximate surface area is 165 Å². The van der Waals surface area contributed by atoms with Gasteiger partial charge in [0.2, 0.25) is 11.1 Å². The summed E-state index contributed by atoms with van der Waals surface area (Å²) in [6.45, 7) is 0.726. The molecule has 5 rings (SSSR count). The van der Waals surface area contributed by atoms with Crippen molar-refractivity contribution in [3.63, 3.8) is 0 Å². The molecule has 0 unspecified atom stereocenters. The summed E-state index contributed by atoms with van der Waals surface area (Å²) in [5.74, 6) is 0.355. The Hall–Kier alpha value is -3.26. The maximum atomic E-state index is 12.7. The molecule has 1 aliphatic rings. The molecule has 7 nitrogen and oxygen atoms in total. The standard InChI is InChI=1S/C20H16N6OS/c27-19(25-12-9-15-3-1-2-4-17(15)25)13-28-20-23-22-18-6-5-16(24-26(18)20)14-7-10-21-11-8-14/h1-8,10-11H,9,12-13H2. The molecule has 1 aliphatic heterocycles. The summed E-state index contributed by atoms with van der Waals surface area (Å²) in [6.07, 6.45) is 4.36. The lowest BCUT2D eigenvalue weighted by Crippen LogP contribution is -2.30. The van der Waals surface area contributed by atoms with Crippen molar-refractivity contribution in [3.8, 4) is 11.3 Å². The lowest BCUT2D eigenvalue weighted by Gasteiger charge is -2.16. The van der Waals surface area contributed by atoms with Crippen molar-refractivity contribution in [1.82, 2.24) is 24.8 Å². The van der Waals surface area contributed by atoms with Gasteiger partial charge in [0, 0.05) is 30.2 Å². The fraction of sp³-hybridized carbons (Fsp3) is 0.150. The average molecular weight is 388 g/mol. The highest BCUT2D eigenvalue weighted by Crippen LogP contribution is 2.28. The molecule has 0 aliphatic carbocycles. The van der Waals surface area contributed by atoms with Crippen LogP contribution in [0.1, 0.15) is 5.56 Å². The van der Waals surface area contributed by atoms with E-state index in [1.54, 1.807) is 16.9 Å². The number of rotatable bonds is 4. The van der Waals surface area contributed by atoms with Crippen molar-refractivity contribution in [2.75, 3.05) is 17.2 Å². The Morgan fingerprint density at radius 2 is 1.89 bits per heavy atom.